The molecule has 6 atom stereocenters. The minimum absolute atomic E-state index is 0.142. The van der Waals surface area contributed by atoms with Crippen molar-refractivity contribution in [1.29, 1.82) is 0 Å². The molecule has 2 aliphatic carbocycles. The van der Waals surface area contributed by atoms with E-state index in [0.717, 1.165) is 23.2 Å². The van der Waals surface area contributed by atoms with Gasteiger partial charge in [-0.15, -0.1) is 0 Å². The molecule has 0 radical (unpaired) electrons. The first-order chi connectivity index (χ1) is 11.5. The summed E-state index contributed by atoms with van der Waals surface area (Å²) in [6, 6.07) is 4.43. The first-order valence-electron chi connectivity index (χ1n) is 9.48. The Kier molecular flexibility index (Phi) is 2.82. The third-order valence-corrected chi connectivity index (χ3v) is 7.85. The van der Waals surface area contributed by atoms with Gasteiger partial charge in [-0.3, -0.25) is 0 Å². The van der Waals surface area contributed by atoms with Gasteiger partial charge in [0.1, 0.15) is 17.6 Å². The lowest BCUT2D eigenvalue weighted by Crippen LogP contribution is -2.71. The number of aromatic hydroxyl groups is 1. The fourth-order valence-electron chi connectivity index (χ4n) is 6.81. The van der Waals surface area contributed by atoms with Crippen LogP contribution in [-0.4, -0.2) is 41.9 Å². The van der Waals surface area contributed by atoms with Crippen LogP contribution >= 0.6 is 0 Å². The van der Waals surface area contributed by atoms with Crippen molar-refractivity contribution in [3.8, 4) is 11.5 Å². The van der Waals surface area contributed by atoms with Gasteiger partial charge in [0.2, 0.25) is 0 Å². The van der Waals surface area contributed by atoms with Gasteiger partial charge in [0, 0.05) is 29.9 Å². The molecule has 2 heterocycles. The van der Waals surface area contributed by atoms with E-state index in [2.05, 4.69) is 26.6 Å². The van der Waals surface area contributed by atoms with E-state index in [9.17, 15) is 5.11 Å². The number of likely N-dealkylation sites (tertiary alicyclic amines) is 1. The van der Waals surface area contributed by atoms with Crippen molar-refractivity contribution in [1.82, 2.24) is 0 Å². The topological polar surface area (TPSA) is 29.5 Å². The molecule has 2 bridgehead atoms. The van der Waals surface area contributed by atoms with Crippen molar-refractivity contribution in [2.24, 2.45) is 11.8 Å². The molecule has 1 saturated carbocycles. The van der Waals surface area contributed by atoms with E-state index in [-0.39, 0.29) is 5.41 Å². The summed E-state index contributed by atoms with van der Waals surface area (Å²) in [7, 11) is 2.40. The molecule has 24 heavy (non-hydrogen) atoms. The largest absolute Gasteiger partial charge is 0.508 e. The minimum atomic E-state index is 0.142. The molecule has 1 N–H and O–H groups in total. The van der Waals surface area contributed by atoms with Crippen molar-refractivity contribution in [3.63, 3.8) is 0 Å². The Morgan fingerprint density at radius 2 is 2.25 bits per heavy atom. The van der Waals surface area contributed by atoms with Crippen LogP contribution in [0.2, 0.25) is 0 Å². The Bertz CT molecular complexity index is 729. The highest BCUT2D eigenvalue weighted by atomic mass is 16.5. The highest BCUT2D eigenvalue weighted by molar-refractivity contribution is 5.58. The molecular weight excluding hydrogens is 298 g/mol. The summed E-state index contributed by atoms with van der Waals surface area (Å²) in [5, 5.41) is 10.6. The van der Waals surface area contributed by atoms with E-state index in [1.165, 1.54) is 36.9 Å². The van der Waals surface area contributed by atoms with Gasteiger partial charge in [-0.05, 0) is 37.0 Å². The number of ether oxygens (including phenoxy) is 1. The van der Waals surface area contributed by atoms with Crippen LogP contribution in [0.4, 0.5) is 0 Å². The second-order valence-corrected chi connectivity index (χ2v) is 8.87. The molecule has 0 amide bonds. The van der Waals surface area contributed by atoms with Crippen LogP contribution in [0.5, 0.6) is 11.5 Å². The Hall–Kier alpha value is -1.48. The van der Waals surface area contributed by atoms with Crippen molar-refractivity contribution in [2.75, 3.05) is 20.1 Å². The quantitative estimate of drug-likeness (QED) is 0.667. The second kappa shape index (κ2) is 4.57. The van der Waals surface area contributed by atoms with Crippen LogP contribution < -0.4 is 4.74 Å². The third-order valence-electron chi connectivity index (χ3n) is 7.85. The molecule has 2 fully saturated rings. The maximum atomic E-state index is 10.6. The SMILES string of the molecule is C=CC[N@+]1(C)CC[C@@]23c4c5ccc(O)c4CC1C2CC[C@H](C)C3O5. The first-order valence-corrected chi connectivity index (χ1v) is 9.48. The van der Waals surface area contributed by atoms with Gasteiger partial charge in [-0.2, -0.15) is 0 Å². The van der Waals surface area contributed by atoms with Crippen LogP contribution in [0.3, 0.4) is 0 Å². The van der Waals surface area contributed by atoms with Gasteiger partial charge in [-0.25, -0.2) is 0 Å². The Morgan fingerprint density at radius 3 is 3.04 bits per heavy atom. The standard InChI is InChI=1S/C21H27NO2/c1-4-10-22(3)11-9-21-15-6-5-13(2)20(21)24-18-8-7-17(23)14(19(18)21)12-16(15)22/h4,7-8,13,15-16,20H,1,5-6,9-12H2,2-3H3/p+1/t13-,15?,16?,20?,21-,22+/m0/s1. The maximum Gasteiger partial charge on any atom is 0.124 e. The number of hydrogen-bond acceptors (Lipinski definition) is 2. The minimum Gasteiger partial charge on any atom is -0.508 e. The molecule has 3 heteroatoms. The number of benzene rings is 1. The highest BCUT2D eigenvalue weighted by Crippen LogP contribution is 2.65. The number of phenolic OH excluding ortho intramolecular Hbond substituents is 1. The zero-order valence-electron chi connectivity index (χ0n) is 14.8. The number of likely N-dealkylation sites (N-methyl/N-ethyl adjacent to an activating group) is 1. The fraction of sp³-hybridized carbons (Fsp3) is 0.619. The van der Waals surface area contributed by atoms with Gasteiger partial charge in [0.15, 0.2) is 0 Å². The smallest absolute Gasteiger partial charge is 0.124 e. The Labute approximate surface area is 144 Å². The summed E-state index contributed by atoms with van der Waals surface area (Å²) in [5.41, 5.74) is 2.70. The average molecular weight is 326 g/mol. The summed E-state index contributed by atoms with van der Waals surface area (Å²) < 4.78 is 7.61. The molecule has 0 aromatic heterocycles. The molecule has 4 aliphatic rings. The van der Waals surface area contributed by atoms with Crippen molar-refractivity contribution in [3.05, 3.63) is 35.9 Å². The third kappa shape index (κ3) is 1.53. The first kappa shape index (κ1) is 14.8. The normalized spacial score (nSPS) is 44.6. The van der Waals surface area contributed by atoms with Gasteiger partial charge < -0.3 is 14.3 Å². The molecule has 5 rings (SSSR count). The summed E-state index contributed by atoms with van der Waals surface area (Å²) in [4.78, 5) is 0. The second-order valence-electron chi connectivity index (χ2n) is 8.87. The predicted molar refractivity (Wildman–Crippen MR) is 94.3 cm³/mol. The molecule has 1 aromatic carbocycles. The molecule has 3 nitrogen and oxygen atoms in total. The zero-order valence-corrected chi connectivity index (χ0v) is 14.8. The van der Waals surface area contributed by atoms with Crippen molar-refractivity contribution >= 4 is 0 Å². The van der Waals surface area contributed by atoms with Gasteiger partial charge in [0.25, 0.3) is 0 Å². The summed E-state index contributed by atoms with van der Waals surface area (Å²) >= 11 is 0. The monoisotopic (exact) mass is 326 g/mol. The van der Waals surface area contributed by atoms with E-state index >= 15 is 0 Å². The highest BCUT2D eigenvalue weighted by Gasteiger charge is 2.68. The van der Waals surface area contributed by atoms with E-state index in [1.807, 2.05) is 12.1 Å². The van der Waals surface area contributed by atoms with E-state index in [4.69, 9.17) is 4.74 Å². The summed E-state index contributed by atoms with van der Waals surface area (Å²) in [5.74, 6) is 2.81. The molecule has 1 saturated heterocycles. The summed E-state index contributed by atoms with van der Waals surface area (Å²) in [6.07, 6.45) is 7.10. The summed E-state index contributed by atoms with van der Waals surface area (Å²) in [6.45, 7) is 8.59. The van der Waals surface area contributed by atoms with Crippen LogP contribution in [0.25, 0.3) is 0 Å². The van der Waals surface area contributed by atoms with E-state index < -0.39 is 0 Å². The van der Waals surface area contributed by atoms with Crippen molar-refractivity contribution in [2.45, 2.75) is 50.2 Å². The lowest BCUT2D eigenvalue weighted by molar-refractivity contribution is -0.940. The van der Waals surface area contributed by atoms with E-state index in [1.54, 1.807) is 0 Å². The van der Waals surface area contributed by atoms with Gasteiger partial charge in [0.05, 0.1) is 31.6 Å². The molecule has 3 unspecified atom stereocenters. The fourth-order valence-corrected chi connectivity index (χ4v) is 6.81. The van der Waals surface area contributed by atoms with Gasteiger partial charge >= 0.3 is 0 Å². The lowest BCUT2D eigenvalue weighted by atomic mass is 9.49. The number of hydrogen-bond donors (Lipinski definition) is 1. The Morgan fingerprint density at radius 1 is 1.42 bits per heavy atom. The number of rotatable bonds is 2. The number of quaternary nitrogens is 1. The van der Waals surface area contributed by atoms with Crippen LogP contribution in [0, 0.1) is 11.8 Å². The molecular formula is C21H28NO2+. The molecule has 2 aliphatic heterocycles. The molecule has 128 valence electrons. The Balaban J connectivity index is 1.76. The van der Waals surface area contributed by atoms with Crippen LogP contribution in [-0.2, 0) is 11.8 Å². The predicted octanol–water partition coefficient (Wildman–Crippen LogP) is 3.40. The molecule has 1 spiro atoms. The number of phenols is 1. The van der Waals surface area contributed by atoms with Crippen molar-refractivity contribution < 1.29 is 14.3 Å². The maximum absolute atomic E-state index is 10.6. The van der Waals surface area contributed by atoms with Gasteiger partial charge in [-0.1, -0.05) is 13.5 Å². The number of piperidine rings is 1. The zero-order chi connectivity index (χ0) is 16.7. The average Bonchev–Trinajstić information content (AvgIpc) is 2.90. The molecule has 1 aromatic rings. The number of nitrogens with zero attached hydrogens (tertiary/aromatic N) is 1. The lowest BCUT2D eigenvalue weighted by Gasteiger charge is -2.61. The van der Waals surface area contributed by atoms with E-state index in [0.29, 0.717) is 29.7 Å². The van der Waals surface area contributed by atoms with Crippen LogP contribution in [0.1, 0.15) is 37.3 Å². The van der Waals surface area contributed by atoms with Crippen LogP contribution in [0.15, 0.2) is 24.8 Å².